The van der Waals surface area contributed by atoms with Crippen LogP contribution >= 0.6 is 35.0 Å². The van der Waals surface area contributed by atoms with Gasteiger partial charge in [0.15, 0.2) is 5.17 Å². The van der Waals surface area contributed by atoms with Crippen molar-refractivity contribution >= 4 is 57.5 Å². The summed E-state index contributed by atoms with van der Waals surface area (Å²) in [5, 5.41) is 4.02. The molecule has 0 aromatic heterocycles. The zero-order valence-electron chi connectivity index (χ0n) is 13.2. The first-order valence-electron chi connectivity index (χ1n) is 7.47. The predicted molar refractivity (Wildman–Crippen MR) is 104 cm³/mol. The van der Waals surface area contributed by atoms with Crippen LogP contribution in [0, 0.1) is 5.82 Å². The first-order valence-corrected chi connectivity index (χ1v) is 9.10. The van der Waals surface area contributed by atoms with Gasteiger partial charge in [0.05, 0.1) is 17.3 Å². The van der Waals surface area contributed by atoms with Crippen LogP contribution in [-0.2, 0) is 0 Å². The zero-order chi connectivity index (χ0) is 18.0. The lowest BCUT2D eigenvalue weighted by Gasteiger charge is -2.23. The van der Waals surface area contributed by atoms with E-state index in [0.29, 0.717) is 28.1 Å². The normalized spacial score (nSPS) is 16.5. The fraction of sp³-hybridized carbons (Fsp3) is 0.176. The Morgan fingerprint density at radius 2 is 2.12 bits per heavy atom. The first kappa shape index (κ1) is 18.0. The molecule has 2 aromatic carbocycles. The summed E-state index contributed by atoms with van der Waals surface area (Å²) in [6.45, 7) is 2.63. The van der Waals surface area contributed by atoms with Crippen molar-refractivity contribution < 1.29 is 9.18 Å². The van der Waals surface area contributed by atoms with Gasteiger partial charge in [-0.15, -0.1) is 0 Å². The van der Waals surface area contributed by atoms with Crippen LogP contribution in [0.3, 0.4) is 0 Å². The largest absolute Gasteiger partial charge is 0.332 e. The van der Waals surface area contributed by atoms with Crippen molar-refractivity contribution in [3.63, 3.8) is 0 Å². The minimum atomic E-state index is -0.546. The molecule has 0 spiro atoms. The molecule has 25 heavy (non-hydrogen) atoms. The Kier molecular flexibility index (Phi) is 5.51. The molecule has 1 atom stereocenters. The summed E-state index contributed by atoms with van der Waals surface area (Å²) in [5.41, 5.74) is 0.985. The van der Waals surface area contributed by atoms with Gasteiger partial charge in [-0.3, -0.25) is 4.99 Å². The third-order valence-corrected chi connectivity index (χ3v) is 5.02. The summed E-state index contributed by atoms with van der Waals surface area (Å²) >= 11 is 13.3. The molecule has 0 bridgehead atoms. The summed E-state index contributed by atoms with van der Waals surface area (Å²) in [6.07, 6.45) is 0. The van der Waals surface area contributed by atoms with Crippen LogP contribution in [0.4, 0.5) is 20.6 Å². The smallest absolute Gasteiger partial charge is 0.307 e. The Morgan fingerprint density at radius 3 is 2.76 bits per heavy atom. The first-order chi connectivity index (χ1) is 11.9. The minimum absolute atomic E-state index is 0.0605. The number of hydrogen-bond donors (Lipinski definition) is 1. The summed E-state index contributed by atoms with van der Waals surface area (Å²) in [4.78, 5) is 18.7. The second-order valence-electron chi connectivity index (χ2n) is 5.43. The van der Waals surface area contributed by atoms with Gasteiger partial charge in [0, 0.05) is 16.0 Å². The highest BCUT2D eigenvalue weighted by Gasteiger charge is 2.28. The molecule has 1 aliphatic heterocycles. The van der Waals surface area contributed by atoms with Crippen molar-refractivity contribution in [2.24, 2.45) is 4.99 Å². The van der Waals surface area contributed by atoms with Gasteiger partial charge in [0.2, 0.25) is 0 Å². The van der Waals surface area contributed by atoms with Crippen molar-refractivity contribution in [3.8, 4) is 0 Å². The van der Waals surface area contributed by atoms with Crippen molar-refractivity contribution in [2.45, 2.75) is 12.2 Å². The van der Waals surface area contributed by atoms with E-state index in [1.54, 1.807) is 24.3 Å². The molecule has 1 heterocycles. The lowest BCUT2D eigenvalue weighted by atomic mass is 10.3. The average Bonchev–Trinajstić information content (AvgIpc) is 2.97. The number of halogens is 3. The maximum absolute atomic E-state index is 13.5. The topological polar surface area (TPSA) is 44.7 Å². The highest BCUT2D eigenvalue weighted by molar-refractivity contribution is 8.15. The molecular weight excluding hydrogens is 384 g/mol. The SMILES string of the molecule is C[C@@H]1CN=C(N(C(=O)Nc2cccc(Cl)c2)c2ccc(F)c(Cl)c2)S1. The van der Waals surface area contributed by atoms with E-state index >= 15 is 0 Å². The molecular formula is C17H14Cl2FN3OS. The highest BCUT2D eigenvalue weighted by atomic mass is 35.5. The molecule has 0 saturated carbocycles. The molecule has 1 N–H and O–H groups in total. The summed E-state index contributed by atoms with van der Waals surface area (Å²) < 4.78 is 13.5. The summed E-state index contributed by atoms with van der Waals surface area (Å²) in [6, 6.07) is 10.5. The number of amides is 2. The number of carbonyl (C=O) groups is 1. The monoisotopic (exact) mass is 397 g/mol. The van der Waals surface area contributed by atoms with Gasteiger partial charge in [0.25, 0.3) is 0 Å². The van der Waals surface area contributed by atoms with E-state index in [9.17, 15) is 9.18 Å². The number of aliphatic imine (C=N–C) groups is 1. The van der Waals surface area contributed by atoms with E-state index in [0.717, 1.165) is 0 Å². The van der Waals surface area contributed by atoms with Crippen LogP contribution in [0.25, 0.3) is 0 Å². The molecule has 2 aromatic rings. The molecule has 0 radical (unpaired) electrons. The van der Waals surface area contributed by atoms with Crippen LogP contribution < -0.4 is 10.2 Å². The fourth-order valence-corrected chi connectivity index (χ4v) is 3.59. The van der Waals surface area contributed by atoms with Crippen molar-refractivity contribution in [2.75, 3.05) is 16.8 Å². The average molecular weight is 398 g/mol. The molecule has 1 aliphatic rings. The van der Waals surface area contributed by atoms with Gasteiger partial charge in [-0.2, -0.15) is 0 Å². The molecule has 4 nitrogen and oxygen atoms in total. The maximum atomic E-state index is 13.5. The van der Waals surface area contributed by atoms with E-state index in [4.69, 9.17) is 23.2 Å². The van der Waals surface area contributed by atoms with E-state index in [1.165, 1.54) is 34.9 Å². The van der Waals surface area contributed by atoms with E-state index < -0.39 is 11.8 Å². The van der Waals surface area contributed by atoms with Crippen molar-refractivity contribution in [1.82, 2.24) is 0 Å². The van der Waals surface area contributed by atoms with Gasteiger partial charge in [-0.25, -0.2) is 14.1 Å². The lowest BCUT2D eigenvalue weighted by molar-refractivity contribution is 0.259. The van der Waals surface area contributed by atoms with Crippen molar-refractivity contribution in [1.29, 1.82) is 0 Å². The van der Waals surface area contributed by atoms with E-state index in [-0.39, 0.29) is 10.3 Å². The number of hydrogen-bond acceptors (Lipinski definition) is 3. The van der Waals surface area contributed by atoms with Gasteiger partial charge in [-0.1, -0.05) is 48.0 Å². The standard InChI is InChI=1S/C17H14Cl2FN3OS/c1-10-9-21-17(25-10)23(13-5-6-15(20)14(19)8-13)16(24)22-12-4-2-3-11(18)7-12/h2-8,10H,9H2,1H3,(H,22,24)/t10-/m1/s1. The Bertz CT molecular complexity index is 846. The van der Waals surface area contributed by atoms with E-state index in [2.05, 4.69) is 10.3 Å². The predicted octanol–water partition coefficient (Wildman–Crippen LogP) is 5.66. The van der Waals surface area contributed by atoms with Gasteiger partial charge in [-0.05, 0) is 36.4 Å². The second kappa shape index (κ2) is 7.64. The second-order valence-corrected chi connectivity index (χ2v) is 7.68. The fourth-order valence-electron chi connectivity index (χ4n) is 2.27. The highest BCUT2D eigenvalue weighted by Crippen LogP contribution is 2.30. The molecule has 3 rings (SSSR count). The number of thioether (sulfide) groups is 1. The van der Waals surface area contributed by atoms with Crippen LogP contribution in [0.15, 0.2) is 47.5 Å². The molecule has 8 heteroatoms. The Labute approximate surface area is 159 Å². The molecule has 0 fully saturated rings. The molecule has 0 aliphatic carbocycles. The minimum Gasteiger partial charge on any atom is -0.307 e. The van der Waals surface area contributed by atoms with E-state index in [1.807, 2.05) is 6.92 Å². The van der Waals surface area contributed by atoms with Crippen LogP contribution in [0.1, 0.15) is 6.92 Å². The number of urea groups is 1. The number of amidine groups is 1. The number of carbonyl (C=O) groups excluding carboxylic acids is 1. The summed E-state index contributed by atoms with van der Waals surface area (Å²) in [5.74, 6) is -0.546. The molecule has 130 valence electrons. The molecule has 0 saturated heterocycles. The Hall–Kier alpha value is -1.76. The quantitative estimate of drug-likeness (QED) is 0.709. The Balaban J connectivity index is 1.93. The van der Waals surface area contributed by atoms with Crippen molar-refractivity contribution in [3.05, 3.63) is 58.3 Å². The lowest BCUT2D eigenvalue weighted by Crippen LogP contribution is -2.38. The third kappa shape index (κ3) is 4.26. The Morgan fingerprint density at radius 1 is 1.32 bits per heavy atom. The van der Waals surface area contributed by atoms with Gasteiger partial charge >= 0.3 is 6.03 Å². The number of benzene rings is 2. The van der Waals surface area contributed by atoms with Gasteiger partial charge < -0.3 is 5.32 Å². The number of nitrogens with zero attached hydrogens (tertiary/aromatic N) is 2. The number of nitrogens with one attached hydrogen (secondary N) is 1. The number of anilines is 2. The van der Waals surface area contributed by atoms with Crippen LogP contribution in [0.5, 0.6) is 0 Å². The van der Waals surface area contributed by atoms with Gasteiger partial charge in [0.1, 0.15) is 5.82 Å². The van der Waals surface area contributed by atoms with Crippen LogP contribution in [-0.4, -0.2) is 23.0 Å². The molecule has 0 unspecified atom stereocenters. The number of rotatable bonds is 2. The summed E-state index contributed by atoms with van der Waals surface area (Å²) in [7, 11) is 0. The molecule has 2 amide bonds. The third-order valence-electron chi connectivity index (χ3n) is 3.42. The zero-order valence-corrected chi connectivity index (χ0v) is 15.5. The maximum Gasteiger partial charge on any atom is 0.332 e. The van der Waals surface area contributed by atoms with Crippen LogP contribution in [0.2, 0.25) is 10.0 Å².